The molecule has 98 valence electrons. The summed E-state index contributed by atoms with van der Waals surface area (Å²) in [6.07, 6.45) is 0.694. The highest BCUT2D eigenvalue weighted by Gasteiger charge is 2.10. The number of hydrogen-bond donors (Lipinski definition) is 2. The van der Waals surface area contributed by atoms with Gasteiger partial charge in [0.1, 0.15) is 0 Å². The monoisotopic (exact) mass is 232 g/mol. The van der Waals surface area contributed by atoms with Gasteiger partial charge < -0.3 is 20.1 Å². The van der Waals surface area contributed by atoms with Gasteiger partial charge in [0.25, 0.3) is 0 Å². The third-order valence-corrected chi connectivity index (χ3v) is 2.82. The van der Waals surface area contributed by atoms with Crippen LogP contribution in [0.5, 0.6) is 0 Å². The van der Waals surface area contributed by atoms with Crippen LogP contribution < -0.4 is 5.32 Å². The molecule has 2 unspecified atom stereocenters. The number of likely N-dealkylation sites (N-methyl/N-ethyl adjacent to an activating group) is 1. The van der Waals surface area contributed by atoms with Crippen molar-refractivity contribution in [2.24, 2.45) is 0 Å². The van der Waals surface area contributed by atoms with Gasteiger partial charge in [-0.2, -0.15) is 0 Å². The molecule has 0 rings (SSSR count). The lowest BCUT2D eigenvalue weighted by atomic mass is 10.2. The van der Waals surface area contributed by atoms with Crippen molar-refractivity contribution < 1.29 is 9.84 Å². The Bertz CT molecular complexity index is 152. The molecule has 2 atom stereocenters. The third kappa shape index (κ3) is 8.05. The van der Waals surface area contributed by atoms with Gasteiger partial charge in [0, 0.05) is 32.8 Å². The molecule has 0 saturated heterocycles. The SMILES string of the molecule is CCN(CC)CC(O)CNC(C)CCOC. The molecule has 0 aromatic carbocycles. The second-order valence-corrected chi connectivity index (χ2v) is 4.23. The average molecular weight is 232 g/mol. The molecular weight excluding hydrogens is 204 g/mol. The molecule has 0 spiro atoms. The first-order valence-corrected chi connectivity index (χ1v) is 6.26. The smallest absolute Gasteiger partial charge is 0.0791 e. The number of rotatable bonds is 10. The van der Waals surface area contributed by atoms with Crippen molar-refractivity contribution in [2.45, 2.75) is 39.3 Å². The van der Waals surface area contributed by atoms with Crippen LogP contribution in [-0.2, 0) is 4.74 Å². The van der Waals surface area contributed by atoms with E-state index >= 15 is 0 Å². The van der Waals surface area contributed by atoms with Crippen LogP contribution in [0.4, 0.5) is 0 Å². The van der Waals surface area contributed by atoms with E-state index in [-0.39, 0.29) is 6.10 Å². The van der Waals surface area contributed by atoms with Gasteiger partial charge in [0.2, 0.25) is 0 Å². The Morgan fingerprint density at radius 2 is 1.94 bits per heavy atom. The van der Waals surface area contributed by atoms with E-state index in [0.29, 0.717) is 12.6 Å². The van der Waals surface area contributed by atoms with Crippen molar-refractivity contribution in [2.75, 3.05) is 39.9 Å². The molecule has 16 heavy (non-hydrogen) atoms. The van der Waals surface area contributed by atoms with Gasteiger partial charge in [-0.15, -0.1) is 0 Å². The van der Waals surface area contributed by atoms with Crippen molar-refractivity contribution in [3.8, 4) is 0 Å². The predicted molar refractivity (Wildman–Crippen MR) is 67.8 cm³/mol. The Balaban J connectivity index is 3.59. The molecular formula is C12H28N2O2. The molecule has 4 heteroatoms. The zero-order chi connectivity index (χ0) is 12.4. The minimum Gasteiger partial charge on any atom is -0.390 e. The summed E-state index contributed by atoms with van der Waals surface area (Å²) in [5, 5.41) is 13.1. The number of hydrogen-bond acceptors (Lipinski definition) is 4. The Kier molecular flexibility index (Phi) is 9.92. The zero-order valence-corrected chi connectivity index (χ0v) is 11.2. The Hall–Kier alpha value is -0.160. The fourth-order valence-corrected chi connectivity index (χ4v) is 1.58. The van der Waals surface area contributed by atoms with Crippen LogP contribution in [0, 0.1) is 0 Å². The molecule has 0 aliphatic rings. The molecule has 0 heterocycles. The lowest BCUT2D eigenvalue weighted by Crippen LogP contribution is -2.41. The van der Waals surface area contributed by atoms with Crippen LogP contribution in [0.2, 0.25) is 0 Å². The van der Waals surface area contributed by atoms with Crippen LogP contribution in [0.15, 0.2) is 0 Å². The fraction of sp³-hybridized carbons (Fsp3) is 1.00. The second kappa shape index (κ2) is 10.0. The number of nitrogens with zero attached hydrogens (tertiary/aromatic N) is 1. The van der Waals surface area contributed by atoms with Gasteiger partial charge in [0.15, 0.2) is 0 Å². The lowest BCUT2D eigenvalue weighted by Gasteiger charge is -2.23. The van der Waals surface area contributed by atoms with E-state index in [4.69, 9.17) is 4.74 Å². The predicted octanol–water partition coefficient (Wildman–Crippen LogP) is 0.704. The van der Waals surface area contributed by atoms with Gasteiger partial charge >= 0.3 is 0 Å². The molecule has 4 nitrogen and oxygen atoms in total. The number of nitrogens with one attached hydrogen (secondary N) is 1. The molecule has 2 N–H and O–H groups in total. The Morgan fingerprint density at radius 1 is 1.31 bits per heavy atom. The molecule has 0 radical (unpaired) electrons. The molecule has 0 aliphatic heterocycles. The summed E-state index contributed by atoms with van der Waals surface area (Å²) in [5.41, 5.74) is 0. The highest BCUT2D eigenvalue weighted by molar-refractivity contribution is 4.68. The summed E-state index contributed by atoms with van der Waals surface area (Å²) < 4.78 is 5.01. The van der Waals surface area contributed by atoms with E-state index < -0.39 is 0 Å². The minimum absolute atomic E-state index is 0.287. The molecule has 0 aromatic rings. The fourth-order valence-electron chi connectivity index (χ4n) is 1.58. The van der Waals surface area contributed by atoms with Crippen LogP contribution in [0.3, 0.4) is 0 Å². The van der Waals surface area contributed by atoms with Crippen molar-refractivity contribution >= 4 is 0 Å². The topological polar surface area (TPSA) is 44.7 Å². The van der Waals surface area contributed by atoms with Gasteiger partial charge in [-0.1, -0.05) is 13.8 Å². The van der Waals surface area contributed by atoms with E-state index in [1.54, 1.807) is 7.11 Å². The van der Waals surface area contributed by atoms with Crippen molar-refractivity contribution in [3.05, 3.63) is 0 Å². The van der Waals surface area contributed by atoms with Gasteiger partial charge in [-0.25, -0.2) is 0 Å². The highest BCUT2D eigenvalue weighted by atomic mass is 16.5. The van der Waals surface area contributed by atoms with Crippen LogP contribution in [0.25, 0.3) is 0 Å². The maximum absolute atomic E-state index is 9.82. The quantitative estimate of drug-likeness (QED) is 0.582. The molecule has 0 saturated carbocycles. The largest absolute Gasteiger partial charge is 0.390 e. The standard InChI is InChI=1S/C12H28N2O2/c1-5-14(6-2)10-12(15)9-13-11(3)7-8-16-4/h11-13,15H,5-10H2,1-4H3. The van der Waals surface area contributed by atoms with Gasteiger partial charge in [0.05, 0.1) is 6.10 Å². The first-order valence-electron chi connectivity index (χ1n) is 6.26. The molecule has 0 fully saturated rings. The van der Waals surface area contributed by atoms with E-state index in [2.05, 4.69) is 31.0 Å². The molecule has 0 bridgehead atoms. The number of ether oxygens (including phenoxy) is 1. The van der Waals surface area contributed by atoms with E-state index in [9.17, 15) is 5.11 Å². The molecule has 0 amide bonds. The van der Waals surface area contributed by atoms with E-state index in [1.165, 1.54) is 0 Å². The van der Waals surface area contributed by atoms with Gasteiger partial charge in [-0.05, 0) is 26.4 Å². The third-order valence-electron chi connectivity index (χ3n) is 2.82. The van der Waals surface area contributed by atoms with Crippen LogP contribution in [0.1, 0.15) is 27.2 Å². The first kappa shape index (κ1) is 15.8. The summed E-state index contributed by atoms with van der Waals surface area (Å²) in [7, 11) is 1.71. The number of aliphatic hydroxyl groups is 1. The molecule has 0 aromatic heterocycles. The first-order chi connectivity index (χ1) is 7.63. The van der Waals surface area contributed by atoms with Crippen LogP contribution >= 0.6 is 0 Å². The Morgan fingerprint density at radius 3 is 2.44 bits per heavy atom. The highest BCUT2D eigenvalue weighted by Crippen LogP contribution is 1.94. The summed E-state index contributed by atoms with van der Waals surface area (Å²) in [6, 6.07) is 0.395. The number of aliphatic hydroxyl groups excluding tert-OH is 1. The Labute approximate surface area is 100.0 Å². The van der Waals surface area contributed by atoms with Crippen molar-refractivity contribution in [1.82, 2.24) is 10.2 Å². The van der Waals surface area contributed by atoms with E-state index in [1.807, 2.05) is 0 Å². The maximum Gasteiger partial charge on any atom is 0.0791 e. The summed E-state index contributed by atoms with van der Waals surface area (Å²) >= 11 is 0. The summed E-state index contributed by atoms with van der Waals surface area (Å²) in [4.78, 5) is 2.23. The second-order valence-electron chi connectivity index (χ2n) is 4.23. The summed E-state index contributed by atoms with van der Waals surface area (Å²) in [6.45, 7) is 10.5. The average Bonchev–Trinajstić information content (AvgIpc) is 2.30. The normalized spacial score (nSPS) is 15.4. The van der Waals surface area contributed by atoms with E-state index in [0.717, 1.165) is 32.7 Å². The maximum atomic E-state index is 9.82. The summed E-state index contributed by atoms with van der Waals surface area (Å²) in [5.74, 6) is 0. The zero-order valence-electron chi connectivity index (χ0n) is 11.2. The van der Waals surface area contributed by atoms with Crippen molar-refractivity contribution in [1.29, 1.82) is 0 Å². The van der Waals surface area contributed by atoms with Crippen molar-refractivity contribution in [3.63, 3.8) is 0 Å². The molecule has 0 aliphatic carbocycles. The minimum atomic E-state index is -0.287. The lowest BCUT2D eigenvalue weighted by molar-refractivity contribution is 0.112. The number of methoxy groups -OCH3 is 1. The van der Waals surface area contributed by atoms with Crippen LogP contribution in [-0.4, -0.2) is 62.0 Å². The van der Waals surface area contributed by atoms with Gasteiger partial charge in [-0.3, -0.25) is 0 Å².